The van der Waals surface area contributed by atoms with Crippen LogP contribution in [0.3, 0.4) is 0 Å². The summed E-state index contributed by atoms with van der Waals surface area (Å²) in [6, 6.07) is 8.48. The molecule has 8 heteroatoms. The summed E-state index contributed by atoms with van der Waals surface area (Å²) >= 11 is 0. The Morgan fingerprint density at radius 3 is 2.59 bits per heavy atom. The first-order valence-corrected chi connectivity index (χ1v) is 11.4. The number of ketones is 1. The molecule has 0 unspecified atom stereocenters. The first-order chi connectivity index (χ1) is 15.4. The second-order valence-corrected chi connectivity index (χ2v) is 8.84. The van der Waals surface area contributed by atoms with E-state index < -0.39 is 0 Å². The second kappa shape index (κ2) is 9.65. The number of nitrogens with zero attached hydrogens (tertiary/aromatic N) is 5. The van der Waals surface area contributed by atoms with Crippen LogP contribution in [0, 0.1) is 0 Å². The lowest BCUT2D eigenvalue weighted by atomic mass is 10.0. The van der Waals surface area contributed by atoms with E-state index >= 15 is 0 Å². The highest BCUT2D eigenvalue weighted by molar-refractivity contribution is 5.94. The molecular weight excluding hydrogens is 404 g/mol. The molecule has 1 saturated heterocycles. The molecular formula is C24H32N6O2. The topological polar surface area (TPSA) is 95.7 Å². The number of carbonyl (C=O) groups excluding carboxylic acids is 2. The zero-order valence-electron chi connectivity index (χ0n) is 19.0. The highest BCUT2D eigenvalue weighted by Crippen LogP contribution is 2.29. The van der Waals surface area contributed by atoms with Gasteiger partial charge in [-0.2, -0.15) is 0 Å². The van der Waals surface area contributed by atoms with E-state index in [4.69, 9.17) is 5.73 Å². The van der Waals surface area contributed by atoms with Gasteiger partial charge in [-0.15, -0.1) is 0 Å². The van der Waals surface area contributed by atoms with Crippen LogP contribution in [0.4, 0.5) is 11.6 Å². The van der Waals surface area contributed by atoms with Crippen LogP contribution in [0.25, 0.3) is 0 Å². The molecule has 0 spiro atoms. The Balaban J connectivity index is 1.59. The molecule has 3 heterocycles. The van der Waals surface area contributed by atoms with Gasteiger partial charge in [-0.3, -0.25) is 14.5 Å². The summed E-state index contributed by atoms with van der Waals surface area (Å²) in [6.07, 6.45) is 3.58. The van der Waals surface area contributed by atoms with E-state index in [0.29, 0.717) is 24.5 Å². The van der Waals surface area contributed by atoms with E-state index in [1.165, 1.54) is 18.4 Å². The standard InChI is InChI=1S/C24H32N6O2/c1-3-9-28(2)24(32)22-26-21(25)20-13-19(31)16-30(23(20)27-22)15-18-8-6-7-17(12-18)14-29-10-4-5-11-29/h6-8,12H,3-5,9-11,13-16H2,1-2H3,(H2,25,26,27). The van der Waals surface area contributed by atoms with Crippen LogP contribution in [-0.4, -0.2) is 64.7 Å². The van der Waals surface area contributed by atoms with Crippen molar-refractivity contribution in [1.82, 2.24) is 19.8 Å². The van der Waals surface area contributed by atoms with Gasteiger partial charge in [-0.05, 0) is 43.5 Å². The molecule has 2 aromatic rings. The SMILES string of the molecule is CCCN(C)C(=O)c1nc(N)c2c(n1)N(Cc1cccc(CN3CCCC3)c1)CC(=O)C2. The lowest BCUT2D eigenvalue weighted by Gasteiger charge is -2.30. The number of nitrogens with two attached hydrogens (primary N) is 1. The summed E-state index contributed by atoms with van der Waals surface area (Å²) in [5.74, 6) is 0.702. The van der Waals surface area contributed by atoms with E-state index in [2.05, 4.69) is 39.1 Å². The van der Waals surface area contributed by atoms with Crippen LogP contribution in [0.1, 0.15) is 53.5 Å². The van der Waals surface area contributed by atoms with Crippen LogP contribution < -0.4 is 10.6 Å². The summed E-state index contributed by atoms with van der Waals surface area (Å²) in [4.78, 5) is 40.0. The Bertz CT molecular complexity index is 1000. The number of aromatic nitrogens is 2. The van der Waals surface area contributed by atoms with Crippen molar-refractivity contribution in [3.63, 3.8) is 0 Å². The Kier molecular flexibility index (Phi) is 6.69. The van der Waals surface area contributed by atoms with E-state index in [0.717, 1.165) is 31.6 Å². The molecule has 4 rings (SSSR count). The zero-order chi connectivity index (χ0) is 22.7. The lowest BCUT2D eigenvalue weighted by molar-refractivity contribution is -0.117. The number of rotatable bonds is 7. The Morgan fingerprint density at radius 2 is 1.88 bits per heavy atom. The quantitative estimate of drug-likeness (QED) is 0.711. The first kappa shape index (κ1) is 22.2. The number of anilines is 2. The van der Waals surface area contributed by atoms with Crippen molar-refractivity contribution in [2.24, 2.45) is 0 Å². The summed E-state index contributed by atoms with van der Waals surface area (Å²) in [7, 11) is 1.73. The molecule has 32 heavy (non-hydrogen) atoms. The third-order valence-electron chi connectivity index (χ3n) is 6.12. The molecule has 1 aromatic heterocycles. The number of benzene rings is 1. The third kappa shape index (κ3) is 4.91. The van der Waals surface area contributed by atoms with Gasteiger partial charge in [0.05, 0.1) is 6.54 Å². The minimum Gasteiger partial charge on any atom is -0.383 e. The van der Waals surface area contributed by atoms with Crippen molar-refractivity contribution in [3.8, 4) is 0 Å². The maximum Gasteiger partial charge on any atom is 0.291 e. The number of Topliss-reactive ketones (excluding diaryl/α,β-unsaturated/α-hetero) is 1. The number of hydrogen-bond acceptors (Lipinski definition) is 7. The molecule has 0 radical (unpaired) electrons. The minimum atomic E-state index is -0.259. The molecule has 170 valence electrons. The largest absolute Gasteiger partial charge is 0.383 e. The fraction of sp³-hybridized carbons (Fsp3) is 0.500. The smallest absolute Gasteiger partial charge is 0.291 e. The number of fused-ring (bicyclic) bond motifs is 1. The van der Waals surface area contributed by atoms with Crippen molar-refractivity contribution in [2.45, 2.75) is 45.7 Å². The van der Waals surface area contributed by atoms with Gasteiger partial charge < -0.3 is 15.5 Å². The van der Waals surface area contributed by atoms with Crippen molar-refractivity contribution >= 4 is 23.3 Å². The molecule has 0 saturated carbocycles. The summed E-state index contributed by atoms with van der Waals surface area (Å²) in [5.41, 5.74) is 9.17. The van der Waals surface area contributed by atoms with Crippen LogP contribution in [0.5, 0.6) is 0 Å². The summed E-state index contributed by atoms with van der Waals surface area (Å²) in [6.45, 7) is 6.65. The monoisotopic (exact) mass is 436 g/mol. The average molecular weight is 437 g/mol. The third-order valence-corrected chi connectivity index (χ3v) is 6.12. The second-order valence-electron chi connectivity index (χ2n) is 8.84. The van der Waals surface area contributed by atoms with Gasteiger partial charge >= 0.3 is 0 Å². The average Bonchev–Trinajstić information content (AvgIpc) is 3.27. The van der Waals surface area contributed by atoms with Gasteiger partial charge in [0.1, 0.15) is 11.6 Å². The Hall–Kier alpha value is -3.00. The first-order valence-electron chi connectivity index (χ1n) is 11.4. The Morgan fingerprint density at radius 1 is 1.16 bits per heavy atom. The fourth-order valence-corrected chi connectivity index (χ4v) is 4.54. The minimum absolute atomic E-state index is 0.0724. The van der Waals surface area contributed by atoms with E-state index in [1.54, 1.807) is 11.9 Å². The van der Waals surface area contributed by atoms with Crippen LogP contribution in [0.15, 0.2) is 24.3 Å². The number of likely N-dealkylation sites (tertiary alicyclic amines) is 1. The number of nitrogen functional groups attached to an aromatic ring is 1. The number of hydrogen-bond donors (Lipinski definition) is 1. The van der Waals surface area contributed by atoms with E-state index in [9.17, 15) is 9.59 Å². The summed E-state index contributed by atoms with van der Waals surface area (Å²) < 4.78 is 0. The van der Waals surface area contributed by atoms with Gasteiger partial charge in [0, 0.05) is 38.7 Å². The highest BCUT2D eigenvalue weighted by Gasteiger charge is 2.29. The van der Waals surface area contributed by atoms with Crippen LogP contribution in [0.2, 0.25) is 0 Å². The maximum atomic E-state index is 12.8. The molecule has 0 aliphatic carbocycles. The van der Waals surface area contributed by atoms with Gasteiger partial charge in [-0.1, -0.05) is 31.2 Å². The van der Waals surface area contributed by atoms with Crippen molar-refractivity contribution in [3.05, 3.63) is 46.8 Å². The lowest BCUT2D eigenvalue weighted by Crippen LogP contribution is -2.38. The fourth-order valence-electron chi connectivity index (χ4n) is 4.54. The van der Waals surface area contributed by atoms with Crippen molar-refractivity contribution in [2.75, 3.05) is 43.9 Å². The zero-order valence-corrected chi connectivity index (χ0v) is 19.0. The van der Waals surface area contributed by atoms with Crippen LogP contribution >= 0.6 is 0 Å². The van der Waals surface area contributed by atoms with E-state index in [-0.39, 0.29) is 36.3 Å². The van der Waals surface area contributed by atoms with Gasteiger partial charge in [0.15, 0.2) is 5.78 Å². The van der Waals surface area contributed by atoms with Crippen molar-refractivity contribution in [1.29, 1.82) is 0 Å². The van der Waals surface area contributed by atoms with E-state index in [1.807, 2.05) is 11.8 Å². The molecule has 0 bridgehead atoms. The van der Waals surface area contributed by atoms with Crippen molar-refractivity contribution < 1.29 is 9.59 Å². The predicted octanol–water partition coefficient (Wildman–Crippen LogP) is 2.27. The van der Waals surface area contributed by atoms with Gasteiger partial charge in [0.2, 0.25) is 5.82 Å². The summed E-state index contributed by atoms with van der Waals surface area (Å²) in [5, 5.41) is 0. The normalized spacial score (nSPS) is 16.3. The predicted molar refractivity (Wildman–Crippen MR) is 124 cm³/mol. The van der Waals surface area contributed by atoms with Gasteiger partial charge in [0.25, 0.3) is 5.91 Å². The molecule has 2 aliphatic rings. The van der Waals surface area contributed by atoms with Gasteiger partial charge in [-0.25, -0.2) is 9.97 Å². The number of carbonyl (C=O) groups is 2. The molecule has 8 nitrogen and oxygen atoms in total. The van der Waals surface area contributed by atoms with Crippen LogP contribution in [-0.2, 0) is 24.3 Å². The maximum absolute atomic E-state index is 12.8. The molecule has 1 aromatic carbocycles. The molecule has 2 N–H and O–H groups in total. The highest BCUT2D eigenvalue weighted by atomic mass is 16.2. The molecule has 1 fully saturated rings. The number of amides is 1. The molecule has 1 amide bonds. The molecule has 2 aliphatic heterocycles. The Labute approximate surface area is 189 Å². The molecule has 0 atom stereocenters.